The van der Waals surface area contributed by atoms with Crippen molar-refractivity contribution in [1.29, 1.82) is 0 Å². The Morgan fingerprint density at radius 2 is 2.03 bits per heavy atom. The minimum atomic E-state index is -0.312. The molecular weight excluding hydrogens is 494 g/mol. The number of nitrogens with zero attached hydrogens (tertiary/aromatic N) is 3. The molecule has 3 N–H and O–H groups in total. The number of aryl methyl sites for hydroxylation is 2. The fraction of sp³-hybridized carbons (Fsp3) is 0.273. The molecule has 3 aromatic rings. The average Bonchev–Trinajstić information content (AvgIpc) is 3.16. The van der Waals surface area contributed by atoms with Gasteiger partial charge in [-0.1, -0.05) is 40.3 Å². The van der Waals surface area contributed by atoms with Crippen LogP contribution in [0.15, 0.2) is 46.0 Å². The van der Waals surface area contributed by atoms with Crippen molar-refractivity contribution in [3.8, 4) is 11.5 Å². The lowest BCUT2D eigenvalue weighted by molar-refractivity contribution is -0.120. The molecule has 0 saturated carbocycles. The van der Waals surface area contributed by atoms with Gasteiger partial charge in [0.1, 0.15) is 29.7 Å². The number of benzene rings is 2. The number of amides is 1. The van der Waals surface area contributed by atoms with Crippen LogP contribution in [0.3, 0.4) is 0 Å². The number of hydrogen-bond donors (Lipinski definition) is 2. The van der Waals surface area contributed by atoms with Crippen molar-refractivity contribution >= 4 is 44.5 Å². The Balaban J connectivity index is 1.53. The summed E-state index contributed by atoms with van der Waals surface area (Å²) in [4.78, 5) is 12.0. The van der Waals surface area contributed by atoms with Crippen molar-refractivity contribution in [2.24, 2.45) is 5.10 Å². The molecule has 3 rings (SSSR count). The molecule has 8 nitrogen and oxygen atoms in total. The number of anilines is 1. The van der Waals surface area contributed by atoms with Crippen LogP contribution in [-0.4, -0.2) is 35.5 Å². The van der Waals surface area contributed by atoms with Crippen LogP contribution in [0.1, 0.15) is 28.6 Å². The maximum absolute atomic E-state index is 12.0. The summed E-state index contributed by atoms with van der Waals surface area (Å²) in [6.07, 6.45) is 2.55. The summed E-state index contributed by atoms with van der Waals surface area (Å²) in [5.41, 5.74) is 11.1. The smallest absolute Gasteiger partial charge is 0.247 e. The van der Waals surface area contributed by atoms with E-state index in [0.717, 1.165) is 16.6 Å². The van der Waals surface area contributed by atoms with Gasteiger partial charge in [0, 0.05) is 10.0 Å². The van der Waals surface area contributed by atoms with Crippen LogP contribution in [0.4, 0.5) is 5.13 Å². The zero-order valence-electron chi connectivity index (χ0n) is 17.8. The molecule has 0 saturated heterocycles. The molecule has 0 unspecified atom stereocenters. The van der Waals surface area contributed by atoms with Crippen molar-refractivity contribution in [1.82, 2.24) is 15.6 Å². The van der Waals surface area contributed by atoms with Crippen LogP contribution in [0.5, 0.6) is 11.5 Å². The molecule has 0 aliphatic carbocycles. The first kappa shape index (κ1) is 23.7. The van der Waals surface area contributed by atoms with Crippen LogP contribution >= 0.6 is 27.3 Å². The normalized spacial score (nSPS) is 11.0. The van der Waals surface area contributed by atoms with Crippen molar-refractivity contribution in [3.05, 3.63) is 62.6 Å². The van der Waals surface area contributed by atoms with E-state index in [2.05, 4.69) is 56.6 Å². The number of ether oxygens (including phenoxy) is 2. The number of aromatic nitrogens is 2. The van der Waals surface area contributed by atoms with E-state index in [9.17, 15) is 4.79 Å². The highest BCUT2D eigenvalue weighted by Crippen LogP contribution is 2.22. The third-order valence-corrected chi connectivity index (χ3v) is 5.53. The maximum atomic E-state index is 12.0. The van der Waals surface area contributed by atoms with Crippen LogP contribution in [0.25, 0.3) is 0 Å². The predicted octanol–water partition coefficient (Wildman–Crippen LogP) is 3.90. The first-order valence-corrected chi connectivity index (χ1v) is 11.6. The molecule has 1 amide bonds. The molecule has 0 atom stereocenters. The lowest BCUT2D eigenvalue weighted by Gasteiger charge is -2.12. The van der Waals surface area contributed by atoms with Crippen molar-refractivity contribution in [2.45, 2.75) is 26.7 Å². The number of nitrogens with one attached hydrogen (secondary N) is 1. The molecule has 0 bridgehead atoms. The summed E-state index contributed by atoms with van der Waals surface area (Å²) in [5, 5.41) is 12.4. The highest BCUT2D eigenvalue weighted by atomic mass is 79.9. The third kappa shape index (κ3) is 7.31. The van der Waals surface area contributed by atoms with Gasteiger partial charge in [-0.2, -0.15) is 5.10 Å². The minimum Gasteiger partial charge on any atom is -0.490 e. The SMILES string of the molecule is CCc1cc(C)cc(OCCOc2ccc(Br)cc2/C=N\NC(=O)Cc2nnc(N)s2)c1. The molecule has 168 valence electrons. The van der Waals surface area contributed by atoms with E-state index in [0.29, 0.717) is 34.7 Å². The second kappa shape index (κ2) is 11.6. The molecule has 0 aliphatic rings. The van der Waals surface area contributed by atoms with Crippen LogP contribution in [0.2, 0.25) is 0 Å². The van der Waals surface area contributed by atoms with Gasteiger partial charge >= 0.3 is 0 Å². The van der Waals surface area contributed by atoms with Crippen LogP contribution in [-0.2, 0) is 17.6 Å². The topological polar surface area (TPSA) is 112 Å². The summed E-state index contributed by atoms with van der Waals surface area (Å²) < 4.78 is 12.6. The molecule has 0 radical (unpaired) electrons. The van der Waals surface area contributed by atoms with Gasteiger partial charge in [-0.3, -0.25) is 4.79 Å². The van der Waals surface area contributed by atoms with E-state index in [4.69, 9.17) is 15.2 Å². The number of hydrazone groups is 1. The second-order valence-electron chi connectivity index (χ2n) is 6.89. The molecule has 1 aromatic heterocycles. The van der Waals surface area contributed by atoms with E-state index in [-0.39, 0.29) is 12.3 Å². The number of carbonyl (C=O) groups excluding carboxylic acids is 1. The highest BCUT2D eigenvalue weighted by molar-refractivity contribution is 9.10. The quantitative estimate of drug-likeness (QED) is 0.239. The lowest BCUT2D eigenvalue weighted by atomic mass is 10.1. The van der Waals surface area contributed by atoms with Crippen molar-refractivity contribution in [3.63, 3.8) is 0 Å². The molecule has 0 aliphatic heterocycles. The molecule has 0 spiro atoms. The largest absolute Gasteiger partial charge is 0.490 e. The van der Waals surface area contributed by atoms with Crippen LogP contribution < -0.4 is 20.6 Å². The van der Waals surface area contributed by atoms with E-state index in [1.165, 1.54) is 28.7 Å². The standard InChI is InChI=1S/C22H24BrN5O3S/c1-3-15-8-14(2)9-18(10-15)30-6-7-31-19-5-4-17(23)11-16(19)13-25-26-20(29)12-21-27-28-22(24)32-21/h4-5,8-11,13H,3,6-7,12H2,1-2H3,(H2,24,28)(H,26,29)/b25-13-. The van der Waals surface area contributed by atoms with Gasteiger partial charge in [0.15, 0.2) is 0 Å². The van der Waals surface area contributed by atoms with E-state index in [1.54, 1.807) is 0 Å². The number of halogens is 1. The zero-order chi connectivity index (χ0) is 22.9. The molecule has 0 fully saturated rings. The van der Waals surface area contributed by atoms with Gasteiger partial charge in [-0.05, 0) is 54.8 Å². The Morgan fingerprint density at radius 3 is 2.78 bits per heavy atom. The average molecular weight is 518 g/mol. The Kier molecular flexibility index (Phi) is 8.57. The summed E-state index contributed by atoms with van der Waals surface area (Å²) in [5.74, 6) is 1.15. The van der Waals surface area contributed by atoms with Gasteiger partial charge in [0.25, 0.3) is 0 Å². The lowest BCUT2D eigenvalue weighted by Crippen LogP contribution is -2.19. The molecule has 2 aromatic carbocycles. The molecule has 32 heavy (non-hydrogen) atoms. The molecule has 1 heterocycles. The van der Waals surface area contributed by atoms with Crippen LogP contribution in [0, 0.1) is 6.92 Å². The maximum Gasteiger partial charge on any atom is 0.247 e. The monoisotopic (exact) mass is 517 g/mol. The predicted molar refractivity (Wildman–Crippen MR) is 129 cm³/mol. The fourth-order valence-corrected chi connectivity index (χ4v) is 3.85. The van der Waals surface area contributed by atoms with E-state index in [1.807, 2.05) is 30.3 Å². The van der Waals surface area contributed by atoms with Gasteiger partial charge in [-0.25, -0.2) is 5.43 Å². The van der Waals surface area contributed by atoms with Gasteiger partial charge < -0.3 is 15.2 Å². The zero-order valence-corrected chi connectivity index (χ0v) is 20.2. The minimum absolute atomic E-state index is 0.0596. The fourth-order valence-electron chi connectivity index (χ4n) is 2.86. The number of rotatable bonds is 10. The van der Waals surface area contributed by atoms with Gasteiger partial charge in [0.2, 0.25) is 11.0 Å². The Bertz CT molecular complexity index is 1100. The summed E-state index contributed by atoms with van der Waals surface area (Å²) in [6.45, 7) is 4.94. The van der Waals surface area contributed by atoms with E-state index >= 15 is 0 Å². The first-order valence-electron chi connectivity index (χ1n) is 9.98. The van der Waals surface area contributed by atoms with Crippen molar-refractivity contribution in [2.75, 3.05) is 18.9 Å². The Morgan fingerprint density at radius 1 is 1.22 bits per heavy atom. The number of nitrogen functional groups attached to an aromatic ring is 1. The van der Waals surface area contributed by atoms with Gasteiger partial charge in [-0.15, -0.1) is 10.2 Å². The Hall–Kier alpha value is -2.98. The highest BCUT2D eigenvalue weighted by Gasteiger charge is 2.08. The van der Waals surface area contributed by atoms with Crippen molar-refractivity contribution < 1.29 is 14.3 Å². The molecular formula is C22H24BrN5O3S. The van der Waals surface area contributed by atoms with E-state index < -0.39 is 0 Å². The Labute approximate surface area is 199 Å². The molecule has 10 heteroatoms. The second-order valence-corrected chi connectivity index (χ2v) is 8.90. The number of carbonyl (C=O) groups is 1. The third-order valence-electron chi connectivity index (χ3n) is 4.29. The summed E-state index contributed by atoms with van der Waals surface area (Å²) in [7, 11) is 0. The summed E-state index contributed by atoms with van der Waals surface area (Å²) >= 11 is 4.61. The first-order chi connectivity index (χ1) is 15.4. The summed E-state index contributed by atoms with van der Waals surface area (Å²) in [6, 6.07) is 11.8. The number of hydrogen-bond acceptors (Lipinski definition) is 8. The van der Waals surface area contributed by atoms with Gasteiger partial charge in [0.05, 0.1) is 12.6 Å². The number of nitrogens with two attached hydrogens (primary N) is 1.